The Hall–Kier alpha value is -4.27. The Morgan fingerprint density at radius 2 is 1.85 bits per heavy atom. The molecule has 1 saturated heterocycles. The zero-order valence-corrected chi connectivity index (χ0v) is 31.9. The summed E-state index contributed by atoms with van der Waals surface area (Å²) in [6.07, 6.45) is 6.23. The predicted octanol–water partition coefficient (Wildman–Crippen LogP) is 3.92. The van der Waals surface area contributed by atoms with Gasteiger partial charge in [0, 0.05) is 42.2 Å². The first-order valence-electron chi connectivity index (χ1n) is 18.3. The third-order valence-electron chi connectivity index (χ3n) is 11.0. The number of methoxy groups -OCH3 is 1. The Morgan fingerprint density at radius 1 is 1.11 bits per heavy atom. The standard InChI is InChI=1S/C38H50FN5O8S/c1-22-9-7-8-10-25-20-38(25,35(48)43-53(49,50)37(39)14-15-37)42-31(45)29-19-27(52-32-28-12-11-26(51-6)18-24(28)13-16-40-32)21-44(29)33(46)30(23(2)17-22)41-34(47)36(3,4)5/h8,10-13,16,18,22-23,25,27,29-30H,7,9,14-15,17,19-21H2,1-6H3,(H,41,47)(H,42,45)(H,43,48)/t22-,23-,25-,27-,29+,30+,38-/m1/s1. The molecule has 0 bridgehead atoms. The molecule has 15 heteroatoms. The molecule has 13 nitrogen and oxygen atoms in total. The number of carbonyl (C=O) groups excluding carboxylic acids is 4. The number of hydrogen-bond acceptors (Lipinski definition) is 9. The fourth-order valence-electron chi connectivity index (χ4n) is 7.35. The average molecular weight is 756 g/mol. The number of hydrogen-bond donors (Lipinski definition) is 3. The van der Waals surface area contributed by atoms with Crippen molar-refractivity contribution in [2.45, 2.75) is 108 Å². The van der Waals surface area contributed by atoms with Gasteiger partial charge in [-0.1, -0.05) is 46.8 Å². The van der Waals surface area contributed by atoms with Gasteiger partial charge in [0.25, 0.3) is 15.9 Å². The van der Waals surface area contributed by atoms with E-state index in [-0.39, 0.29) is 50.0 Å². The quantitative estimate of drug-likeness (QED) is 0.354. The van der Waals surface area contributed by atoms with Crippen LogP contribution in [0.2, 0.25) is 0 Å². The van der Waals surface area contributed by atoms with Gasteiger partial charge in [0.05, 0.1) is 13.7 Å². The molecule has 1 aromatic heterocycles. The number of sulfonamides is 1. The first-order chi connectivity index (χ1) is 24.9. The molecule has 0 unspecified atom stereocenters. The van der Waals surface area contributed by atoms with Crippen LogP contribution < -0.4 is 24.8 Å². The first kappa shape index (κ1) is 38.5. The van der Waals surface area contributed by atoms with Gasteiger partial charge in [0.15, 0.2) is 0 Å². The molecule has 3 heterocycles. The van der Waals surface area contributed by atoms with Gasteiger partial charge in [-0.15, -0.1) is 0 Å². The molecule has 7 atom stereocenters. The second-order valence-corrected chi connectivity index (χ2v) is 18.2. The predicted molar refractivity (Wildman–Crippen MR) is 195 cm³/mol. The number of nitrogens with one attached hydrogen (secondary N) is 3. The Morgan fingerprint density at radius 3 is 2.53 bits per heavy atom. The summed E-state index contributed by atoms with van der Waals surface area (Å²) in [7, 11) is -3.08. The van der Waals surface area contributed by atoms with Gasteiger partial charge in [-0.25, -0.2) is 22.5 Å². The van der Waals surface area contributed by atoms with E-state index >= 15 is 0 Å². The lowest BCUT2D eigenvalue weighted by molar-refractivity contribution is -0.144. The highest BCUT2D eigenvalue weighted by molar-refractivity contribution is 7.91. The third-order valence-corrected chi connectivity index (χ3v) is 12.8. The summed E-state index contributed by atoms with van der Waals surface area (Å²) in [6.45, 7) is 9.22. The van der Waals surface area contributed by atoms with Crippen molar-refractivity contribution in [1.82, 2.24) is 25.2 Å². The number of carbonyl (C=O) groups is 4. The zero-order chi connectivity index (χ0) is 38.5. The average Bonchev–Trinajstić information content (AvgIpc) is 3.97. The van der Waals surface area contributed by atoms with Crippen LogP contribution in [0, 0.1) is 23.2 Å². The van der Waals surface area contributed by atoms with Gasteiger partial charge >= 0.3 is 0 Å². The summed E-state index contributed by atoms with van der Waals surface area (Å²) in [6, 6.07) is 5.10. The normalized spacial score (nSPS) is 30.2. The lowest BCUT2D eigenvalue weighted by Gasteiger charge is -2.34. The lowest BCUT2D eigenvalue weighted by atomic mass is 9.86. The van der Waals surface area contributed by atoms with E-state index in [4.69, 9.17) is 9.47 Å². The van der Waals surface area contributed by atoms with E-state index in [9.17, 15) is 32.0 Å². The van der Waals surface area contributed by atoms with Crippen LogP contribution >= 0.6 is 0 Å². The Kier molecular flexibility index (Phi) is 10.3. The summed E-state index contributed by atoms with van der Waals surface area (Å²) in [5.74, 6) is -2.28. The summed E-state index contributed by atoms with van der Waals surface area (Å²) < 4.78 is 54.0. The van der Waals surface area contributed by atoms with Crippen LogP contribution in [-0.4, -0.2) is 84.3 Å². The Balaban J connectivity index is 1.35. The second kappa shape index (κ2) is 14.2. The highest BCUT2D eigenvalue weighted by Gasteiger charge is 2.64. The number of aromatic nitrogens is 1. The van der Waals surface area contributed by atoms with Crippen molar-refractivity contribution in [3.63, 3.8) is 0 Å². The molecular weight excluding hydrogens is 706 g/mol. The van der Waals surface area contributed by atoms with E-state index in [1.807, 2.05) is 35.9 Å². The topological polar surface area (TPSA) is 173 Å². The van der Waals surface area contributed by atoms with E-state index < -0.39 is 67.8 Å². The number of pyridine rings is 1. The lowest BCUT2D eigenvalue weighted by Crippen LogP contribution is -2.60. The third kappa shape index (κ3) is 7.85. The first-order valence-corrected chi connectivity index (χ1v) is 19.8. The minimum Gasteiger partial charge on any atom is -0.497 e. The van der Waals surface area contributed by atoms with Crippen LogP contribution in [0.3, 0.4) is 0 Å². The molecule has 6 rings (SSSR count). The largest absolute Gasteiger partial charge is 0.497 e. The van der Waals surface area contributed by atoms with Gasteiger partial charge in [-0.2, -0.15) is 0 Å². The molecule has 4 aliphatic rings. The van der Waals surface area contributed by atoms with Crippen LogP contribution in [0.5, 0.6) is 11.6 Å². The molecule has 0 radical (unpaired) electrons. The highest BCUT2D eigenvalue weighted by Crippen LogP contribution is 2.48. The van der Waals surface area contributed by atoms with E-state index in [1.54, 1.807) is 46.2 Å². The minimum atomic E-state index is -4.65. The maximum Gasteiger partial charge on any atom is 0.270 e. The number of alkyl halides is 1. The van der Waals surface area contributed by atoms with Crippen LogP contribution in [0.4, 0.5) is 4.39 Å². The minimum absolute atomic E-state index is 0.0145. The maximum absolute atomic E-state index is 14.7. The van der Waals surface area contributed by atoms with Gasteiger partial charge < -0.3 is 25.0 Å². The van der Waals surface area contributed by atoms with E-state index in [2.05, 4.69) is 22.5 Å². The van der Waals surface area contributed by atoms with Crippen LogP contribution in [0.25, 0.3) is 10.8 Å². The van der Waals surface area contributed by atoms with E-state index in [0.29, 0.717) is 29.9 Å². The number of amides is 4. The molecule has 288 valence electrons. The van der Waals surface area contributed by atoms with Gasteiger partial charge in [0.1, 0.15) is 29.5 Å². The Labute approximate surface area is 309 Å². The number of halogens is 1. The molecule has 2 saturated carbocycles. The van der Waals surface area contributed by atoms with E-state index in [0.717, 1.165) is 11.8 Å². The molecule has 0 spiro atoms. The molecule has 4 amide bonds. The van der Waals surface area contributed by atoms with Crippen molar-refractivity contribution in [3.05, 3.63) is 42.6 Å². The number of benzene rings is 1. The molecule has 3 fully saturated rings. The molecule has 1 aromatic carbocycles. The van der Waals surface area contributed by atoms with Crippen LogP contribution in [0.15, 0.2) is 42.6 Å². The van der Waals surface area contributed by atoms with E-state index in [1.165, 1.54) is 4.90 Å². The number of nitrogens with zero attached hydrogens (tertiary/aromatic N) is 2. The fourth-order valence-corrected chi connectivity index (χ4v) is 8.60. The van der Waals surface area contributed by atoms with Crippen molar-refractivity contribution in [2.75, 3.05) is 13.7 Å². The van der Waals surface area contributed by atoms with Crippen molar-refractivity contribution in [1.29, 1.82) is 0 Å². The monoisotopic (exact) mass is 755 g/mol. The summed E-state index contributed by atoms with van der Waals surface area (Å²) in [5.41, 5.74) is -2.47. The summed E-state index contributed by atoms with van der Waals surface area (Å²) in [5, 5.41) is 4.75. The van der Waals surface area contributed by atoms with Gasteiger partial charge in [-0.3, -0.25) is 19.2 Å². The molecular formula is C38H50FN5O8S. The smallest absolute Gasteiger partial charge is 0.270 e. The van der Waals surface area contributed by atoms with Crippen molar-refractivity contribution in [2.24, 2.45) is 23.2 Å². The van der Waals surface area contributed by atoms with Crippen molar-refractivity contribution < 1.29 is 41.5 Å². The molecule has 2 aromatic rings. The second-order valence-electron chi connectivity index (χ2n) is 16.3. The molecule has 53 heavy (non-hydrogen) atoms. The molecule has 2 aliphatic heterocycles. The SMILES string of the molecule is COc1ccc2c(O[C@@H]3C[C@H]4C(=O)N[C@]5(C(=O)NS(=O)(=O)C6(F)CC6)C[C@H]5C=CCC[C@@H](C)C[C@@H](C)[C@H](NC(=O)C(C)(C)C)C(=O)N4C3)nccc2c1. The van der Waals surface area contributed by atoms with Crippen molar-refractivity contribution >= 4 is 44.4 Å². The van der Waals surface area contributed by atoms with Crippen LogP contribution in [0.1, 0.15) is 79.6 Å². The number of ether oxygens (including phenoxy) is 2. The zero-order valence-electron chi connectivity index (χ0n) is 31.1. The van der Waals surface area contributed by atoms with Gasteiger partial charge in [-0.05, 0) is 67.2 Å². The Bertz CT molecular complexity index is 1930. The maximum atomic E-state index is 14.7. The molecule has 2 aliphatic carbocycles. The van der Waals surface area contributed by atoms with Crippen molar-refractivity contribution in [3.8, 4) is 11.6 Å². The number of rotatable bonds is 7. The summed E-state index contributed by atoms with van der Waals surface area (Å²) in [4.78, 5) is 62.0. The highest BCUT2D eigenvalue weighted by atomic mass is 32.2. The van der Waals surface area contributed by atoms with Crippen LogP contribution in [-0.2, 0) is 29.2 Å². The molecule has 3 N–H and O–H groups in total. The van der Waals surface area contributed by atoms with Gasteiger partial charge in [0.2, 0.25) is 28.6 Å². The number of fused-ring (bicyclic) bond motifs is 3. The fraction of sp³-hybridized carbons (Fsp3) is 0.605. The number of allylic oxidation sites excluding steroid dienone is 1. The summed E-state index contributed by atoms with van der Waals surface area (Å²) >= 11 is 0.